The Morgan fingerprint density at radius 2 is 2.20 bits per heavy atom. The van der Waals surface area contributed by atoms with Crippen molar-refractivity contribution in [3.05, 3.63) is 58.5 Å². The van der Waals surface area contributed by atoms with Gasteiger partial charge in [0.25, 0.3) is 11.8 Å². The van der Waals surface area contributed by atoms with Crippen LogP contribution in [0.3, 0.4) is 0 Å². The second-order valence-corrected chi connectivity index (χ2v) is 9.03. The highest BCUT2D eigenvalue weighted by Gasteiger charge is 2.54. The third kappa shape index (κ3) is 5.14. The number of halogens is 2. The Hall–Kier alpha value is -3.85. The Morgan fingerprint density at radius 3 is 2.83 bits per heavy atom. The molecule has 0 bridgehead atoms. The lowest BCUT2D eigenvalue weighted by Gasteiger charge is -2.49. The fourth-order valence-corrected chi connectivity index (χ4v) is 5.21. The summed E-state index contributed by atoms with van der Waals surface area (Å²) in [7, 11) is 0. The highest BCUT2D eigenvalue weighted by Crippen LogP contribution is 2.40. The van der Waals surface area contributed by atoms with Gasteiger partial charge in [-0.05, 0) is 17.2 Å². The first-order valence-electron chi connectivity index (χ1n) is 9.79. The van der Waals surface area contributed by atoms with E-state index in [9.17, 15) is 28.3 Å². The number of aliphatic carboxylic acids is 1. The smallest absolute Gasteiger partial charge is 0.407 e. The number of amides is 2. The van der Waals surface area contributed by atoms with Crippen molar-refractivity contribution in [3.63, 3.8) is 0 Å². The number of allylic oxidation sites excluding steroid dienone is 1. The first kappa shape index (κ1) is 24.3. The van der Waals surface area contributed by atoms with Crippen LogP contribution in [0.25, 0.3) is 6.08 Å². The molecule has 35 heavy (non-hydrogen) atoms. The van der Waals surface area contributed by atoms with E-state index in [1.54, 1.807) is 36.7 Å². The summed E-state index contributed by atoms with van der Waals surface area (Å²) in [5.41, 5.74) is 5.78. The molecular weight excluding hydrogens is 506 g/mol. The third-order valence-electron chi connectivity index (χ3n) is 4.85. The predicted octanol–water partition coefficient (Wildman–Crippen LogP) is 1.52. The van der Waals surface area contributed by atoms with Gasteiger partial charge in [0.15, 0.2) is 10.8 Å². The molecule has 0 radical (unpaired) electrons. The summed E-state index contributed by atoms with van der Waals surface area (Å²) in [6.07, 6.45) is 6.49. The molecule has 1 fully saturated rings. The number of nitrogens with zero attached hydrogens (tertiary/aromatic N) is 4. The number of nitrogens with one attached hydrogen (secondary N) is 1. The number of alkyl halides is 2. The molecule has 4 rings (SSSR count). The molecule has 0 aromatic carbocycles. The van der Waals surface area contributed by atoms with E-state index < -0.39 is 41.5 Å². The van der Waals surface area contributed by atoms with Crippen LogP contribution < -0.4 is 11.1 Å². The quantitative estimate of drug-likeness (QED) is 0.265. The number of carboxylic acids is 1. The summed E-state index contributed by atoms with van der Waals surface area (Å²) in [6.45, 7) is -3.29. The molecule has 2 aromatic rings. The molecule has 0 saturated carbocycles. The molecule has 2 aromatic heterocycles. The normalized spacial score (nSPS) is 20.1. The highest BCUT2D eigenvalue weighted by molar-refractivity contribution is 8.00. The van der Waals surface area contributed by atoms with Gasteiger partial charge in [0, 0.05) is 23.5 Å². The van der Waals surface area contributed by atoms with Gasteiger partial charge in [-0.25, -0.2) is 9.78 Å². The summed E-state index contributed by atoms with van der Waals surface area (Å²) >= 11 is 2.19. The average molecular weight is 523 g/mol. The molecule has 4 heterocycles. The summed E-state index contributed by atoms with van der Waals surface area (Å²) < 4.78 is 25.0. The highest BCUT2D eigenvalue weighted by atomic mass is 32.2. The Balaban J connectivity index is 1.53. The number of hydrogen-bond acceptors (Lipinski definition) is 10. The standard InChI is InChI=1S/C20H16F2N6O5S2/c21-19(22)33-27-12(11-8-35-20(23)25-11)15(29)26-13-16(30)28-14(18(31)32)10(7-34-17(13)28)4-3-9-2-1-5-24-6-9/h1-6,8,13,17,19H,7H2,(H2,23,25)(H,26,29)(H,31,32)/b4-3-,27-12?/t13-,17-/m1/s1. The number of oxime groups is 1. The minimum Gasteiger partial charge on any atom is -0.477 e. The molecular formula is C20H16F2N6O5S2. The van der Waals surface area contributed by atoms with Crippen molar-refractivity contribution in [3.8, 4) is 0 Å². The zero-order valence-electron chi connectivity index (χ0n) is 17.5. The van der Waals surface area contributed by atoms with Crippen LogP contribution in [0.5, 0.6) is 0 Å². The van der Waals surface area contributed by atoms with E-state index in [0.29, 0.717) is 5.57 Å². The van der Waals surface area contributed by atoms with Crippen LogP contribution in [0, 0.1) is 0 Å². The molecule has 0 unspecified atom stereocenters. The lowest BCUT2D eigenvalue weighted by atomic mass is 10.0. The summed E-state index contributed by atoms with van der Waals surface area (Å²) in [6, 6.07) is 2.41. The minimum absolute atomic E-state index is 0.0642. The van der Waals surface area contributed by atoms with Crippen molar-refractivity contribution in [1.82, 2.24) is 20.2 Å². The maximum absolute atomic E-state index is 12.8. The van der Waals surface area contributed by atoms with Crippen LogP contribution in [0.2, 0.25) is 0 Å². The van der Waals surface area contributed by atoms with Crippen molar-refractivity contribution in [2.75, 3.05) is 11.5 Å². The minimum atomic E-state index is -3.29. The molecule has 11 nitrogen and oxygen atoms in total. The SMILES string of the molecule is Nc1nc(C(=NOC(F)F)C(=O)N[C@@H]2C(=O)N3C(C(=O)O)=C(/C=C\c4cccnc4)CS[C@H]23)cs1. The number of fused-ring (bicyclic) bond motifs is 1. The molecule has 4 N–H and O–H groups in total. The largest absolute Gasteiger partial charge is 0.477 e. The zero-order valence-corrected chi connectivity index (χ0v) is 19.1. The molecule has 0 aliphatic carbocycles. The summed E-state index contributed by atoms with van der Waals surface area (Å²) in [5, 5.41) is 16.0. The number of anilines is 1. The molecule has 1 saturated heterocycles. The second kappa shape index (κ2) is 10.2. The van der Waals surface area contributed by atoms with E-state index >= 15 is 0 Å². The number of carboxylic acid groups (broad SMARTS) is 1. The second-order valence-electron chi connectivity index (χ2n) is 7.04. The van der Waals surface area contributed by atoms with E-state index in [1.165, 1.54) is 17.1 Å². The van der Waals surface area contributed by atoms with E-state index in [1.807, 2.05) is 0 Å². The Kier molecular flexibility index (Phi) is 7.07. The van der Waals surface area contributed by atoms with Gasteiger partial charge in [-0.2, -0.15) is 8.78 Å². The lowest BCUT2D eigenvalue weighted by Crippen LogP contribution is -2.71. The summed E-state index contributed by atoms with van der Waals surface area (Å²) in [4.78, 5) is 50.4. The lowest BCUT2D eigenvalue weighted by molar-refractivity contribution is -0.150. The Morgan fingerprint density at radius 1 is 1.40 bits per heavy atom. The number of pyridine rings is 1. The van der Waals surface area contributed by atoms with E-state index in [-0.39, 0.29) is 22.3 Å². The fourth-order valence-electron chi connectivity index (χ4n) is 3.35. The predicted molar refractivity (Wildman–Crippen MR) is 123 cm³/mol. The van der Waals surface area contributed by atoms with Crippen LogP contribution in [-0.2, 0) is 19.2 Å². The number of hydrogen-bond donors (Lipinski definition) is 3. The van der Waals surface area contributed by atoms with Crippen LogP contribution in [0.4, 0.5) is 13.9 Å². The Labute approximate surface area is 204 Å². The van der Waals surface area contributed by atoms with Crippen LogP contribution in [-0.4, -0.2) is 67.2 Å². The first-order chi connectivity index (χ1) is 16.8. The molecule has 15 heteroatoms. The summed E-state index contributed by atoms with van der Waals surface area (Å²) in [5.74, 6) is -2.73. The van der Waals surface area contributed by atoms with Gasteiger partial charge in [-0.15, -0.1) is 23.1 Å². The molecule has 182 valence electrons. The number of rotatable bonds is 8. The molecule has 2 amide bonds. The van der Waals surface area contributed by atoms with Crippen molar-refractivity contribution in [2.45, 2.75) is 18.0 Å². The van der Waals surface area contributed by atoms with Crippen molar-refractivity contribution in [2.24, 2.45) is 5.16 Å². The average Bonchev–Trinajstić information content (AvgIpc) is 3.26. The monoisotopic (exact) mass is 522 g/mol. The maximum atomic E-state index is 12.8. The van der Waals surface area contributed by atoms with E-state index in [4.69, 9.17) is 5.73 Å². The molecule has 0 spiro atoms. The Bertz CT molecular complexity index is 1250. The number of thioether (sulfide) groups is 1. The van der Waals surface area contributed by atoms with Crippen molar-refractivity contribution < 1.29 is 33.1 Å². The number of thiazole rings is 1. The van der Waals surface area contributed by atoms with E-state index in [2.05, 4.69) is 25.3 Å². The van der Waals surface area contributed by atoms with Gasteiger partial charge in [-0.3, -0.25) is 19.5 Å². The van der Waals surface area contributed by atoms with Gasteiger partial charge in [0.05, 0.1) is 0 Å². The topological polar surface area (TPSA) is 160 Å². The van der Waals surface area contributed by atoms with Gasteiger partial charge in [-0.1, -0.05) is 23.4 Å². The van der Waals surface area contributed by atoms with Crippen molar-refractivity contribution in [1.29, 1.82) is 0 Å². The van der Waals surface area contributed by atoms with Crippen LogP contribution in [0.15, 0.2) is 52.4 Å². The molecule has 2 aliphatic rings. The number of carbonyl (C=O) groups is 3. The number of nitrogens with two attached hydrogens (primary N) is 1. The number of aromatic nitrogens is 2. The van der Waals surface area contributed by atoms with Gasteiger partial charge in [0.1, 0.15) is 22.8 Å². The van der Waals surface area contributed by atoms with Crippen LogP contribution >= 0.6 is 23.1 Å². The number of nitrogen functional groups attached to an aromatic ring is 1. The number of β-lactam (4-membered cyclic amide) rings is 1. The van der Waals surface area contributed by atoms with Crippen LogP contribution in [0.1, 0.15) is 11.3 Å². The van der Waals surface area contributed by atoms with Crippen molar-refractivity contribution >= 4 is 57.8 Å². The van der Waals surface area contributed by atoms with Gasteiger partial charge < -0.3 is 21.0 Å². The van der Waals surface area contributed by atoms with Gasteiger partial charge >= 0.3 is 12.6 Å². The van der Waals surface area contributed by atoms with E-state index in [0.717, 1.165) is 21.8 Å². The zero-order chi connectivity index (χ0) is 25.1. The van der Waals surface area contributed by atoms with Gasteiger partial charge in [0.2, 0.25) is 0 Å². The number of carbonyl (C=O) groups excluding carboxylic acids is 2. The third-order valence-corrected chi connectivity index (χ3v) is 6.83. The molecule has 2 aliphatic heterocycles. The fraction of sp³-hybridized carbons (Fsp3) is 0.200. The maximum Gasteiger partial charge on any atom is 0.407 e. The first-order valence-corrected chi connectivity index (χ1v) is 11.7. The molecule has 2 atom stereocenters.